The van der Waals surface area contributed by atoms with E-state index in [2.05, 4.69) is 26.5 Å². The van der Waals surface area contributed by atoms with Gasteiger partial charge in [0.1, 0.15) is 16.2 Å². The third kappa shape index (κ3) is 4.61. The molecule has 2 heterocycles. The van der Waals surface area contributed by atoms with E-state index in [0.29, 0.717) is 26.8 Å². The number of furan rings is 1. The van der Waals surface area contributed by atoms with Gasteiger partial charge in [0.2, 0.25) is 0 Å². The molecule has 0 atom stereocenters. The molecule has 2 aromatic heterocycles. The zero-order valence-electron chi connectivity index (χ0n) is 17.2. The zero-order valence-corrected chi connectivity index (χ0v) is 20.4. The smallest absolute Gasteiger partial charge is 0.355 e. The van der Waals surface area contributed by atoms with Gasteiger partial charge in [-0.05, 0) is 48.0 Å². The van der Waals surface area contributed by atoms with Crippen LogP contribution in [0, 0.1) is 0 Å². The van der Waals surface area contributed by atoms with E-state index >= 15 is 0 Å². The lowest BCUT2D eigenvalue weighted by molar-refractivity contribution is 0.0740. The molecule has 0 bridgehead atoms. The quantitative estimate of drug-likeness (QED) is 0.109. The van der Waals surface area contributed by atoms with Crippen LogP contribution in [0.25, 0.3) is 21.1 Å². The minimum Gasteiger partial charge on any atom is -0.451 e. The number of ether oxygens (including phenoxy) is 1. The van der Waals surface area contributed by atoms with Crippen molar-refractivity contribution >= 4 is 78.0 Å². The van der Waals surface area contributed by atoms with Crippen molar-refractivity contribution in [2.45, 2.75) is 0 Å². The Morgan fingerprint density at radius 1 is 1.06 bits per heavy atom. The van der Waals surface area contributed by atoms with Crippen LogP contribution in [0.2, 0.25) is 5.02 Å². The molecule has 0 fully saturated rings. The minimum atomic E-state index is -0.537. The number of carbonyl (C=O) groups excluding carboxylic acids is 2. The summed E-state index contributed by atoms with van der Waals surface area (Å²) in [6, 6.07) is 21.4. The molecule has 168 valence electrons. The molecular formula is C25H14BrClN2O4S. The molecule has 0 radical (unpaired) electrons. The lowest BCUT2D eigenvalue weighted by atomic mass is 10.2. The first-order chi connectivity index (χ1) is 16.5. The topological polar surface area (TPSA) is 80.9 Å². The largest absolute Gasteiger partial charge is 0.451 e. The minimum absolute atomic E-state index is 0.146. The van der Waals surface area contributed by atoms with Crippen molar-refractivity contribution in [3.05, 3.63) is 98.5 Å². The number of nitrogens with zero attached hydrogens (tertiary/aromatic N) is 1. The van der Waals surface area contributed by atoms with Gasteiger partial charge in [-0.2, -0.15) is 5.10 Å². The zero-order chi connectivity index (χ0) is 23.7. The average molecular weight is 554 g/mol. The number of rotatable bonds is 5. The predicted octanol–water partition coefficient (Wildman–Crippen LogP) is 7.05. The van der Waals surface area contributed by atoms with Crippen molar-refractivity contribution in [2.75, 3.05) is 0 Å². The fourth-order valence-electron chi connectivity index (χ4n) is 3.30. The van der Waals surface area contributed by atoms with Crippen molar-refractivity contribution in [1.29, 1.82) is 0 Å². The summed E-state index contributed by atoms with van der Waals surface area (Å²) >= 11 is 11.0. The van der Waals surface area contributed by atoms with Crippen LogP contribution in [0.15, 0.2) is 86.8 Å². The summed E-state index contributed by atoms with van der Waals surface area (Å²) in [5, 5.41) is 5.97. The first-order valence-corrected chi connectivity index (χ1v) is 12.0. The lowest BCUT2D eigenvalue weighted by Crippen LogP contribution is -2.16. The second kappa shape index (κ2) is 9.42. The highest BCUT2D eigenvalue weighted by atomic mass is 79.9. The van der Waals surface area contributed by atoms with E-state index in [1.807, 2.05) is 36.4 Å². The summed E-state index contributed by atoms with van der Waals surface area (Å²) in [5.74, 6) is -0.541. The van der Waals surface area contributed by atoms with Crippen LogP contribution in [0.5, 0.6) is 5.75 Å². The van der Waals surface area contributed by atoms with Gasteiger partial charge in [-0.3, -0.25) is 4.79 Å². The number of hydrogen-bond donors (Lipinski definition) is 1. The Morgan fingerprint density at radius 2 is 1.91 bits per heavy atom. The van der Waals surface area contributed by atoms with Crippen molar-refractivity contribution in [3.8, 4) is 5.75 Å². The summed E-state index contributed by atoms with van der Waals surface area (Å²) in [6.07, 6.45) is 1.45. The number of amides is 1. The number of esters is 1. The van der Waals surface area contributed by atoms with Crippen LogP contribution in [0.4, 0.5) is 0 Å². The van der Waals surface area contributed by atoms with Crippen LogP contribution < -0.4 is 10.2 Å². The van der Waals surface area contributed by atoms with E-state index in [1.54, 1.807) is 36.4 Å². The fourth-order valence-corrected chi connectivity index (χ4v) is 5.07. The first-order valence-electron chi connectivity index (χ1n) is 10.00. The third-order valence-electron chi connectivity index (χ3n) is 4.87. The molecule has 0 aliphatic heterocycles. The molecule has 0 aliphatic rings. The van der Waals surface area contributed by atoms with Crippen LogP contribution in [-0.2, 0) is 0 Å². The molecule has 1 N–H and O–H groups in total. The molecule has 9 heteroatoms. The highest BCUT2D eigenvalue weighted by Crippen LogP contribution is 2.35. The molecule has 0 saturated heterocycles. The highest BCUT2D eigenvalue weighted by Gasteiger charge is 2.19. The average Bonchev–Trinajstić information content (AvgIpc) is 3.40. The van der Waals surface area contributed by atoms with Crippen LogP contribution in [0.1, 0.15) is 25.8 Å². The second-order valence-corrected chi connectivity index (χ2v) is 9.54. The summed E-state index contributed by atoms with van der Waals surface area (Å²) in [7, 11) is 0. The van der Waals surface area contributed by atoms with Crippen molar-refractivity contribution in [1.82, 2.24) is 5.43 Å². The molecule has 5 aromatic rings. The maximum atomic E-state index is 12.7. The Balaban J connectivity index is 1.26. The lowest BCUT2D eigenvalue weighted by Gasteiger charge is -2.04. The molecule has 34 heavy (non-hydrogen) atoms. The maximum absolute atomic E-state index is 12.7. The number of benzene rings is 3. The van der Waals surface area contributed by atoms with Gasteiger partial charge in [-0.1, -0.05) is 57.9 Å². The summed E-state index contributed by atoms with van der Waals surface area (Å²) in [5.41, 5.74) is 3.66. The SMILES string of the molecule is O=C(N/N=C\c1cccc(OC(=O)c2sc3ccccc3c2Cl)c1)c1cc2cc(Br)ccc2o1. The highest BCUT2D eigenvalue weighted by molar-refractivity contribution is 9.10. The van der Waals surface area contributed by atoms with Crippen molar-refractivity contribution in [2.24, 2.45) is 5.10 Å². The van der Waals surface area contributed by atoms with E-state index in [1.165, 1.54) is 17.6 Å². The molecule has 3 aromatic carbocycles. The number of carbonyl (C=O) groups is 2. The van der Waals surface area contributed by atoms with E-state index < -0.39 is 11.9 Å². The Hall–Kier alpha value is -3.46. The second-order valence-electron chi connectivity index (χ2n) is 7.20. The fraction of sp³-hybridized carbons (Fsp3) is 0. The molecule has 5 rings (SSSR count). The molecule has 0 spiro atoms. The van der Waals surface area contributed by atoms with Crippen LogP contribution in [0.3, 0.4) is 0 Å². The van der Waals surface area contributed by atoms with E-state index in [9.17, 15) is 9.59 Å². The number of hydrogen-bond acceptors (Lipinski definition) is 6. The van der Waals surface area contributed by atoms with Gasteiger partial charge in [-0.25, -0.2) is 10.2 Å². The number of nitrogens with one attached hydrogen (secondary N) is 1. The summed E-state index contributed by atoms with van der Waals surface area (Å²) < 4.78 is 12.9. The predicted molar refractivity (Wildman–Crippen MR) is 137 cm³/mol. The van der Waals surface area contributed by atoms with Gasteiger partial charge in [-0.15, -0.1) is 11.3 Å². The van der Waals surface area contributed by atoms with Gasteiger partial charge in [0, 0.05) is 19.9 Å². The standard InChI is InChI=1S/C25H14BrClN2O4S/c26-16-8-9-19-15(11-16)12-20(33-19)24(30)29-28-13-14-4-3-5-17(10-14)32-25(31)23-22(27)18-6-1-2-7-21(18)34-23/h1-13H,(H,29,30)/b28-13-. The van der Waals surface area contributed by atoms with E-state index in [4.69, 9.17) is 20.8 Å². The maximum Gasteiger partial charge on any atom is 0.355 e. The van der Waals surface area contributed by atoms with Crippen LogP contribution >= 0.6 is 38.9 Å². The van der Waals surface area contributed by atoms with Gasteiger partial charge >= 0.3 is 11.9 Å². The number of hydrazone groups is 1. The molecule has 0 unspecified atom stereocenters. The van der Waals surface area contributed by atoms with Gasteiger partial charge in [0.05, 0.1) is 11.2 Å². The Morgan fingerprint density at radius 3 is 2.76 bits per heavy atom. The normalized spacial score (nSPS) is 11.4. The molecule has 0 saturated carbocycles. The van der Waals surface area contributed by atoms with E-state index in [-0.39, 0.29) is 5.76 Å². The Bertz CT molecular complexity index is 1590. The van der Waals surface area contributed by atoms with Crippen molar-refractivity contribution < 1.29 is 18.7 Å². The summed E-state index contributed by atoms with van der Waals surface area (Å²) in [6.45, 7) is 0. The monoisotopic (exact) mass is 552 g/mol. The van der Waals surface area contributed by atoms with Gasteiger partial charge < -0.3 is 9.15 Å². The third-order valence-corrected chi connectivity index (χ3v) is 7.02. The van der Waals surface area contributed by atoms with Gasteiger partial charge in [0.25, 0.3) is 0 Å². The molecule has 6 nitrogen and oxygen atoms in total. The number of fused-ring (bicyclic) bond motifs is 2. The van der Waals surface area contributed by atoms with E-state index in [0.717, 1.165) is 19.9 Å². The summed E-state index contributed by atoms with van der Waals surface area (Å²) in [4.78, 5) is 25.4. The number of thiophene rings is 1. The molecule has 1 amide bonds. The Kier molecular flexibility index (Phi) is 6.19. The number of halogens is 2. The molecular weight excluding hydrogens is 540 g/mol. The van der Waals surface area contributed by atoms with Gasteiger partial charge in [0.15, 0.2) is 5.76 Å². The van der Waals surface area contributed by atoms with Crippen LogP contribution in [-0.4, -0.2) is 18.1 Å². The first kappa shape index (κ1) is 22.3. The Labute approximate surface area is 210 Å². The van der Waals surface area contributed by atoms with Crippen molar-refractivity contribution in [3.63, 3.8) is 0 Å². The molecule has 0 aliphatic carbocycles.